The molecular formula is C14H22ClNO2S2. The molecule has 1 fully saturated rings. The number of halogens is 1. The molecule has 3 nitrogen and oxygen atoms in total. The molecule has 2 rings (SSSR count). The van der Waals surface area contributed by atoms with Crippen LogP contribution in [0.25, 0.3) is 0 Å². The molecule has 0 unspecified atom stereocenters. The normalized spacial score (nSPS) is 18.4. The molecule has 1 aromatic heterocycles. The van der Waals surface area contributed by atoms with Crippen molar-refractivity contribution in [1.82, 2.24) is 4.31 Å². The summed E-state index contributed by atoms with van der Waals surface area (Å²) in [5.41, 5.74) is 0. The Morgan fingerprint density at radius 1 is 1.30 bits per heavy atom. The van der Waals surface area contributed by atoms with E-state index in [0.717, 1.165) is 35.4 Å². The van der Waals surface area contributed by atoms with E-state index in [1.807, 2.05) is 6.92 Å². The lowest BCUT2D eigenvalue weighted by Gasteiger charge is -2.26. The molecule has 0 bridgehead atoms. The van der Waals surface area contributed by atoms with Crippen molar-refractivity contribution in [2.24, 2.45) is 0 Å². The van der Waals surface area contributed by atoms with Crippen molar-refractivity contribution >= 4 is 33.0 Å². The molecule has 1 aliphatic rings. The van der Waals surface area contributed by atoms with E-state index in [4.69, 9.17) is 11.6 Å². The van der Waals surface area contributed by atoms with Crippen LogP contribution in [0.4, 0.5) is 0 Å². The van der Waals surface area contributed by atoms with Gasteiger partial charge in [0.2, 0.25) is 10.0 Å². The third kappa shape index (κ3) is 3.38. The molecule has 114 valence electrons. The molecule has 1 aromatic rings. The number of alkyl halides is 1. The standard InChI is InChI=1S/C14H22ClNO2S2/c1-11-14(9-13(10-15)19-11)20(17,18)16(2)12-7-5-3-4-6-8-12/h9,12H,3-8,10H2,1-2H3. The Kier molecular flexibility index (Phi) is 5.51. The lowest BCUT2D eigenvalue weighted by atomic mass is 10.1. The van der Waals surface area contributed by atoms with Gasteiger partial charge < -0.3 is 0 Å². The maximum Gasteiger partial charge on any atom is 0.244 e. The molecular weight excluding hydrogens is 314 g/mol. The monoisotopic (exact) mass is 335 g/mol. The highest BCUT2D eigenvalue weighted by Crippen LogP contribution is 2.31. The van der Waals surface area contributed by atoms with E-state index < -0.39 is 10.0 Å². The van der Waals surface area contributed by atoms with Crippen molar-refractivity contribution in [3.63, 3.8) is 0 Å². The first-order chi connectivity index (χ1) is 9.46. The number of aryl methyl sites for hydroxylation is 1. The molecule has 0 aromatic carbocycles. The van der Waals surface area contributed by atoms with Crippen molar-refractivity contribution in [3.05, 3.63) is 15.8 Å². The first-order valence-corrected chi connectivity index (χ1v) is 9.89. The molecule has 0 atom stereocenters. The van der Waals surface area contributed by atoms with Crippen molar-refractivity contribution in [2.45, 2.75) is 62.3 Å². The fourth-order valence-corrected chi connectivity index (χ4v) is 5.93. The van der Waals surface area contributed by atoms with Gasteiger partial charge in [-0.3, -0.25) is 0 Å². The van der Waals surface area contributed by atoms with Crippen LogP contribution >= 0.6 is 22.9 Å². The molecule has 1 heterocycles. The molecule has 0 aliphatic heterocycles. The number of nitrogens with zero attached hydrogens (tertiary/aromatic N) is 1. The summed E-state index contributed by atoms with van der Waals surface area (Å²) in [6, 6.07) is 1.87. The molecule has 6 heteroatoms. The van der Waals surface area contributed by atoms with Crippen LogP contribution in [0.1, 0.15) is 48.3 Å². The van der Waals surface area contributed by atoms with Crippen LogP contribution in [0, 0.1) is 6.92 Å². The Labute approximate surface area is 131 Å². The lowest BCUT2D eigenvalue weighted by molar-refractivity contribution is 0.335. The number of thiophene rings is 1. The molecule has 1 aliphatic carbocycles. The fraction of sp³-hybridized carbons (Fsp3) is 0.714. The van der Waals surface area contributed by atoms with E-state index in [1.54, 1.807) is 17.4 Å². The van der Waals surface area contributed by atoms with E-state index in [9.17, 15) is 8.42 Å². The van der Waals surface area contributed by atoms with Crippen molar-refractivity contribution in [2.75, 3.05) is 7.05 Å². The van der Waals surface area contributed by atoms with E-state index in [2.05, 4.69) is 0 Å². The predicted octanol–water partition coefficient (Wildman–Crippen LogP) is 4.14. The molecule has 20 heavy (non-hydrogen) atoms. The topological polar surface area (TPSA) is 37.4 Å². The van der Waals surface area contributed by atoms with Crippen LogP contribution in [-0.2, 0) is 15.9 Å². The number of hydrogen-bond donors (Lipinski definition) is 0. The van der Waals surface area contributed by atoms with Crippen LogP contribution in [0.3, 0.4) is 0 Å². The third-order valence-electron chi connectivity index (χ3n) is 4.05. The molecule has 0 N–H and O–H groups in total. The summed E-state index contributed by atoms with van der Waals surface area (Å²) in [6.07, 6.45) is 6.64. The van der Waals surface area contributed by atoms with Gasteiger partial charge in [0.05, 0.1) is 10.8 Å². The summed E-state index contributed by atoms with van der Waals surface area (Å²) in [5, 5.41) is 0. The van der Waals surface area contributed by atoms with Gasteiger partial charge in [0.15, 0.2) is 0 Å². The second-order valence-corrected chi connectivity index (χ2v) is 9.01. The second-order valence-electron chi connectivity index (χ2n) is 5.43. The first kappa shape index (κ1) is 16.3. The highest BCUT2D eigenvalue weighted by molar-refractivity contribution is 7.89. The van der Waals surface area contributed by atoms with E-state index in [1.165, 1.54) is 24.2 Å². The zero-order chi connectivity index (χ0) is 14.8. The minimum atomic E-state index is -3.39. The maximum absolute atomic E-state index is 12.8. The van der Waals surface area contributed by atoms with Crippen LogP contribution in [0.2, 0.25) is 0 Å². The van der Waals surface area contributed by atoms with E-state index in [0.29, 0.717) is 10.8 Å². The maximum atomic E-state index is 12.8. The van der Waals surface area contributed by atoms with Gasteiger partial charge >= 0.3 is 0 Å². The van der Waals surface area contributed by atoms with Crippen molar-refractivity contribution in [3.8, 4) is 0 Å². The molecule has 0 radical (unpaired) electrons. The number of sulfonamides is 1. The van der Waals surface area contributed by atoms with Crippen LogP contribution in [0.15, 0.2) is 11.0 Å². The van der Waals surface area contributed by atoms with Crippen LogP contribution < -0.4 is 0 Å². The largest absolute Gasteiger partial charge is 0.244 e. The average Bonchev–Trinajstić information content (AvgIpc) is 2.64. The average molecular weight is 336 g/mol. The van der Waals surface area contributed by atoms with Crippen molar-refractivity contribution in [1.29, 1.82) is 0 Å². The third-order valence-corrected chi connectivity index (χ3v) is 7.71. The van der Waals surface area contributed by atoms with Gasteiger partial charge in [-0.25, -0.2) is 8.42 Å². The SMILES string of the molecule is Cc1sc(CCl)cc1S(=O)(=O)N(C)C1CCCCCC1. The van der Waals surface area contributed by atoms with Crippen LogP contribution in [0.5, 0.6) is 0 Å². The molecule has 0 spiro atoms. The summed E-state index contributed by atoms with van der Waals surface area (Å²) in [5.74, 6) is 0.369. The molecule has 0 amide bonds. The van der Waals surface area contributed by atoms with E-state index in [-0.39, 0.29) is 6.04 Å². The Balaban J connectivity index is 2.25. The summed E-state index contributed by atoms with van der Waals surface area (Å²) in [6.45, 7) is 1.86. The summed E-state index contributed by atoms with van der Waals surface area (Å²) in [7, 11) is -1.66. The van der Waals surface area contributed by atoms with Gasteiger partial charge in [-0.1, -0.05) is 25.7 Å². The smallest absolute Gasteiger partial charge is 0.207 e. The van der Waals surface area contributed by atoms with Crippen molar-refractivity contribution < 1.29 is 8.42 Å². The van der Waals surface area contributed by atoms with E-state index >= 15 is 0 Å². The highest BCUT2D eigenvalue weighted by Gasteiger charge is 2.30. The van der Waals surface area contributed by atoms with Gasteiger partial charge in [0.25, 0.3) is 0 Å². The van der Waals surface area contributed by atoms with Gasteiger partial charge in [0.1, 0.15) is 0 Å². The minimum Gasteiger partial charge on any atom is -0.207 e. The lowest BCUT2D eigenvalue weighted by Crippen LogP contribution is -2.36. The Hall–Kier alpha value is -0.100. The fourth-order valence-electron chi connectivity index (χ4n) is 2.82. The van der Waals surface area contributed by atoms with Gasteiger partial charge in [-0.15, -0.1) is 22.9 Å². The quantitative estimate of drug-likeness (QED) is 0.612. The van der Waals surface area contributed by atoms with Gasteiger partial charge in [-0.2, -0.15) is 4.31 Å². The Bertz CT molecular complexity index is 546. The van der Waals surface area contributed by atoms with Crippen LogP contribution in [-0.4, -0.2) is 25.8 Å². The Morgan fingerprint density at radius 2 is 1.90 bits per heavy atom. The first-order valence-electron chi connectivity index (χ1n) is 7.10. The predicted molar refractivity (Wildman–Crippen MR) is 85.1 cm³/mol. The molecule has 0 saturated heterocycles. The second kappa shape index (κ2) is 6.77. The molecule has 1 saturated carbocycles. The highest BCUT2D eigenvalue weighted by atomic mass is 35.5. The Morgan fingerprint density at radius 3 is 2.40 bits per heavy atom. The summed E-state index contributed by atoms with van der Waals surface area (Å²) < 4.78 is 27.2. The summed E-state index contributed by atoms with van der Waals surface area (Å²) in [4.78, 5) is 2.18. The zero-order valence-corrected chi connectivity index (χ0v) is 14.5. The summed E-state index contributed by atoms with van der Waals surface area (Å²) >= 11 is 7.29. The number of rotatable bonds is 4. The minimum absolute atomic E-state index is 0.140. The zero-order valence-electron chi connectivity index (χ0n) is 12.1. The van der Waals surface area contributed by atoms with Gasteiger partial charge in [-0.05, 0) is 25.8 Å². The number of hydrogen-bond acceptors (Lipinski definition) is 3. The van der Waals surface area contributed by atoms with Gasteiger partial charge in [0, 0.05) is 22.8 Å².